The van der Waals surface area contributed by atoms with Crippen molar-refractivity contribution in [3.05, 3.63) is 11.6 Å². The molecule has 4 aliphatic rings. The Hall–Kier alpha value is -1.12. The van der Waals surface area contributed by atoms with Gasteiger partial charge in [0.1, 0.15) is 0 Å². The van der Waals surface area contributed by atoms with Crippen LogP contribution in [0.2, 0.25) is 0 Å². The van der Waals surface area contributed by atoms with E-state index in [9.17, 15) is 9.59 Å². The van der Waals surface area contributed by atoms with Gasteiger partial charge in [-0.05, 0) is 97.9 Å². The van der Waals surface area contributed by atoms with Gasteiger partial charge in [-0.25, -0.2) is 0 Å². The number of carbonyl (C=O) groups is 2. The summed E-state index contributed by atoms with van der Waals surface area (Å²) < 4.78 is 0. The Kier molecular flexibility index (Phi) is 4.79. The van der Waals surface area contributed by atoms with Gasteiger partial charge in [-0.1, -0.05) is 26.3 Å². The molecule has 4 aliphatic carbocycles. The Morgan fingerprint density at radius 1 is 1.15 bits per heavy atom. The van der Waals surface area contributed by atoms with Crippen molar-refractivity contribution in [2.24, 2.45) is 40.4 Å². The summed E-state index contributed by atoms with van der Waals surface area (Å²) in [6, 6.07) is 0. The van der Waals surface area contributed by atoms with Crippen molar-refractivity contribution in [2.45, 2.75) is 85.0 Å². The molecule has 4 rings (SSSR count). The van der Waals surface area contributed by atoms with Gasteiger partial charge in [-0.2, -0.15) is 0 Å². The summed E-state index contributed by atoms with van der Waals surface area (Å²) in [4.78, 5) is 23.0. The maximum absolute atomic E-state index is 12.0. The van der Waals surface area contributed by atoms with Crippen LogP contribution in [0, 0.1) is 40.4 Å². The number of carbonyl (C=O) groups excluding carboxylic acids is 1. The molecule has 27 heavy (non-hydrogen) atoms. The lowest BCUT2D eigenvalue weighted by molar-refractivity contribution is -0.137. The van der Waals surface area contributed by atoms with Crippen LogP contribution >= 0.6 is 0 Å². The van der Waals surface area contributed by atoms with Crippen LogP contribution in [0.3, 0.4) is 0 Å². The fourth-order valence-corrected chi connectivity index (χ4v) is 8.09. The normalized spacial score (nSPS) is 44.7. The van der Waals surface area contributed by atoms with Crippen LogP contribution in [0.4, 0.5) is 0 Å². The van der Waals surface area contributed by atoms with E-state index in [0.717, 1.165) is 43.4 Å². The number of hydrogen-bond donors (Lipinski definition) is 1. The molecule has 0 saturated heterocycles. The Balaban J connectivity index is 1.55. The van der Waals surface area contributed by atoms with Gasteiger partial charge >= 0.3 is 5.97 Å². The summed E-state index contributed by atoms with van der Waals surface area (Å²) in [5, 5.41) is 9.08. The molecule has 0 bridgehead atoms. The van der Waals surface area contributed by atoms with Gasteiger partial charge in [0.05, 0.1) is 0 Å². The fraction of sp³-hybridized carbons (Fsp3) is 0.833. The van der Waals surface area contributed by atoms with E-state index in [1.807, 2.05) is 6.08 Å². The van der Waals surface area contributed by atoms with Gasteiger partial charge in [-0.3, -0.25) is 9.59 Å². The molecule has 0 spiro atoms. The van der Waals surface area contributed by atoms with Gasteiger partial charge in [-0.15, -0.1) is 0 Å². The first-order chi connectivity index (χ1) is 12.8. The van der Waals surface area contributed by atoms with Gasteiger partial charge in [0.15, 0.2) is 5.78 Å². The lowest BCUT2D eigenvalue weighted by Crippen LogP contribution is -2.51. The predicted octanol–water partition coefficient (Wildman–Crippen LogP) is 5.64. The molecule has 1 unspecified atom stereocenters. The van der Waals surface area contributed by atoms with Crippen molar-refractivity contribution in [2.75, 3.05) is 0 Å². The first kappa shape index (κ1) is 19.2. The molecule has 3 saturated carbocycles. The molecule has 3 nitrogen and oxygen atoms in total. The minimum atomic E-state index is -0.656. The minimum absolute atomic E-state index is 0.255. The van der Waals surface area contributed by atoms with Crippen molar-refractivity contribution in [1.82, 2.24) is 0 Å². The molecule has 0 radical (unpaired) electrons. The van der Waals surface area contributed by atoms with Gasteiger partial charge in [0.2, 0.25) is 0 Å². The van der Waals surface area contributed by atoms with Crippen molar-refractivity contribution in [3.8, 4) is 0 Å². The third-order valence-corrected chi connectivity index (χ3v) is 9.54. The Labute approximate surface area is 164 Å². The van der Waals surface area contributed by atoms with Crippen LogP contribution in [0.5, 0.6) is 0 Å². The van der Waals surface area contributed by atoms with E-state index in [-0.39, 0.29) is 5.41 Å². The number of fused-ring (bicyclic) bond motifs is 5. The average Bonchev–Trinajstić information content (AvgIpc) is 2.97. The molecule has 1 N–H and O–H groups in total. The average molecular weight is 373 g/mol. The molecule has 3 fully saturated rings. The van der Waals surface area contributed by atoms with E-state index in [4.69, 9.17) is 5.11 Å². The number of ketones is 1. The maximum atomic E-state index is 12.0. The van der Waals surface area contributed by atoms with E-state index >= 15 is 0 Å². The number of rotatable bonds is 4. The highest BCUT2D eigenvalue weighted by Crippen LogP contribution is 2.67. The van der Waals surface area contributed by atoms with Crippen molar-refractivity contribution < 1.29 is 14.7 Å². The lowest BCUT2D eigenvalue weighted by atomic mass is 9.46. The molecule has 0 amide bonds. The molecule has 0 aromatic carbocycles. The smallest absolute Gasteiger partial charge is 0.303 e. The SMILES string of the molecule is CC(CCC(=O)O)[C@H]1CC[C@H]2[C@@H]3CCC4=CC(=O)CC[C@]4(C)[C@H]3CC[C@]12C. The van der Waals surface area contributed by atoms with Crippen LogP contribution in [0.25, 0.3) is 0 Å². The molecule has 3 heteroatoms. The quantitative estimate of drug-likeness (QED) is 0.695. The maximum Gasteiger partial charge on any atom is 0.303 e. The number of allylic oxidation sites excluding steroid dienone is 1. The number of carboxylic acid groups (broad SMARTS) is 1. The molecule has 0 heterocycles. The second-order valence-corrected chi connectivity index (χ2v) is 10.6. The van der Waals surface area contributed by atoms with Gasteiger partial charge in [0.25, 0.3) is 0 Å². The van der Waals surface area contributed by atoms with Gasteiger partial charge < -0.3 is 5.11 Å². The zero-order valence-corrected chi connectivity index (χ0v) is 17.3. The van der Waals surface area contributed by atoms with E-state index in [1.165, 1.54) is 37.7 Å². The second kappa shape index (κ2) is 6.74. The number of hydrogen-bond acceptors (Lipinski definition) is 2. The standard InChI is InChI=1S/C24H36O3/c1-15(4-9-22(26)27)19-7-8-20-18-6-5-16-14-17(25)10-12-23(16,2)21(18)11-13-24(19,20)3/h14-15,18-21H,4-13H2,1-3H3,(H,26,27)/t15?,18-,19+,20-,21-,23-,24+/m0/s1. The Bertz CT molecular complexity index is 665. The molecule has 150 valence electrons. The molecular weight excluding hydrogens is 336 g/mol. The molecule has 7 atom stereocenters. The first-order valence-electron chi connectivity index (χ1n) is 11.2. The van der Waals surface area contributed by atoms with E-state index < -0.39 is 5.97 Å². The molecule has 0 aromatic rings. The summed E-state index contributed by atoms with van der Waals surface area (Å²) >= 11 is 0. The van der Waals surface area contributed by atoms with Crippen molar-refractivity contribution in [1.29, 1.82) is 0 Å². The van der Waals surface area contributed by atoms with Crippen molar-refractivity contribution >= 4 is 11.8 Å². The molecule has 0 aromatic heterocycles. The summed E-state index contributed by atoms with van der Waals surface area (Å²) in [6.07, 6.45) is 12.5. The van der Waals surface area contributed by atoms with Crippen LogP contribution in [-0.2, 0) is 9.59 Å². The third-order valence-electron chi connectivity index (χ3n) is 9.54. The van der Waals surface area contributed by atoms with E-state index in [2.05, 4.69) is 20.8 Å². The van der Waals surface area contributed by atoms with E-state index in [1.54, 1.807) is 0 Å². The third kappa shape index (κ3) is 3.00. The Morgan fingerprint density at radius 3 is 2.67 bits per heavy atom. The monoisotopic (exact) mass is 372 g/mol. The highest BCUT2D eigenvalue weighted by molar-refractivity contribution is 5.91. The van der Waals surface area contributed by atoms with E-state index in [0.29, 0.717) is 29.5 Å². The minimum Gasteiger partial charge on any atom is -0.481 e. The molecular formula is C24H36O3. The summed E-state index contributed by atoms with van der Waals surface area (Å²) in [7, 11) is 0. The Morgan fingerprint density at radius 2 is 1.93 bits per heavy atom. The topological polar surface area (TPSA) is 54.4 Å². The zero-order chi connectivity index (χ0) is 19.4. The number of carboxylic acids is 1. The lowest BCUT2D eigenvalue weighted by Gasteiger charge is -2.58. The van der Waals surface area contributed by atoms with Crippen LogP contribution in [0.15, 0.2) is 11.6 Å². The first-order valence-corrected chi connectivity index (χ1v) is 11.2. The second-order valence-electron chi connectivity index (χ2n) is 10.6. The predicted molar refractivity (Wildman–Crippen MR) is 106 cm³/mol. The van der Waals surface area contributed by atoms with Crippen LogP contribution in [-0.4, -0.2) is 16.9 Å². The fourth-order valence-electron chi connectivity index (χ4n) is 8.09. The highest BCUT2D eigenvalue weighted by atomic mass is 16.4. The summed E-state index contributed by atoms with van der Waals surface area (Å²) in [5.74, 6) is 3.22. The molecule has 0 aliphatic heterocycles. The summed E-state index contributed by atoms with van der Waals surface area (Å²) in [5.41, 5.74) is 2.10. The van der Waals surface area contributed by atoms with Gasteiger partial charge in [0, 0.05) is 12.8 Å². The van der Waals surface area contributed by atoms with Crippen LogP contribution < -0.4 is 0 Å². The summed E-state index contributed by atoms with van der Waals surface area (Å²) in [6.45, 7) is 7.27. The largest absolute Gasteiger partial charge is 0.481 e. The number of aliphatic carboxylic acids is 1. The van der Waals surface area contributed by atoms with Crippen molar-refractivity contribution in [3.63, 3.8) is 0 Å². The van der Waals surface area contributed by atoms with Crippen LogP contribution in [0.1, 0.15) is 85.0 Å². The zero-order valence-electron chi connectivity index (χ0n) is 17.3. The highest BCUT2D eigenvalue weighted by Gasteiger charge is 2.59.